The normalized spacial score (nSPS) is 11.4. The quantitative estimate of drug-likeness (QED) is 0.0962. The SMILES string of the molecule is Oc1ccc2c(F)c(OB(Oc3c(F)c(F)c4cc(O)ccc4c3F)Oc3c(F)c(F)c4cc(O)ccc4c3F)c(F)c(F)c2c1. The zero-order valence-electron chi connectivity index (χ0n) is 22.2. The highest BCUT2D eigenvalue weighted by atomic mass is 19.2. The second-order valence-electron chi connectivity index (χ2n) is 9.65. The number of aromatic hydroxyl groups is 3. The van der Waals surface area contributed by atoms with Gasteiger partial charge in [-0.15, -0.1) is 0 Å². The van der Waals surface area contributed by atoms with Crippen LogP contribution in [0, 0.1) is 52.4 Å². The Balaban J connectivity index is 1.54. The number of halogens is 9. The molecule has 0 amide bonds. The van der Waals surface area contributed by atoms with Gasteiger partial charge in [0.1, 0.15) is 17.2 Å². The van der Waals surface area contributed by atoms with E-state index in [1.165, 1.54) is 0 Å². The Hall–Kier alpha value is -5.67. The Morgan fingerprint density at radius 1 is 0.348 bits per heavy atom. The Morgan fingerprint density at radius 2 is 0.609 bits per heavy atom. The molecule has 234 valence electrons. The molecule has 0 aliphatic rings. The van der Waals surface area contributed by atoms with Gasteiger partial charge in [0, 0.05) is 32.3 Å². The van der Waals surface area contributed by atoms with Crippen LogP contribution < -0.4 is 14.0 Å². The van der Waals surface area contributed by atoms with Gasteiger partial charge >= 0.3 is 7.32 Å². The minimum absolute atomic E-state index is 0.599. The molecule has 16 heteroatoms. The highest BCUT2D eigenvalue weighted by Crippen LogP contribution is 2.39. The van der Waals surface area contributed by atoms with Crippen molar-refractivity contribution in [2.75, 3.05) is 0 Å². The summed E-state index contributed by atoms with van der Waals surface area (Å²) in [6.45, 7) is 0. The Morgan fingerprint density at radius 3 is 0.870 bits per heavy atom. The monoisotopic (exact) mass is 650 g/mol. The van der Waals surface area contributed by atoms with Crippen molar-refractivity contribution in [3.05, 3.63) is 107 Å². The van der Waals surface area contributed by atoms with Crippen molar-refractivity contribution in [1.29, 1.82) is 0 Å². The molecule has 0 heterocycles. The highest BCUT2D eigenvalue weighted by molar-refractivity contribution is 6.39. The van der Waals surface area contributed by atoms with Crippen LogP contribution in [0.25, 0.3) is 32.3 Å². The molecule has 0 saturated heterocycles. The van der Waals surface area contributed by atoms with Crippen LogP contribution in [0.15, 0.2) is 54.6 Å². The third kappa shape index (κ3) is 4.82. The van der Waals surface area contributed by atoms with Gasteiger partial charge in [0.2, 0.25) is 17.5 Å². The first-order valence-electron chi connectivity index (χ1n) is 12.7. The van der Waals surface area contributed by atoms with Gasteiger partial charge in [-0.05, 0) is 54.6 Å². The summed E-state index contributed by atoms with van der Waals surface area (Å²) in [6, 6.07) is 6.91. The summed E-state index contributed by atoms with van der Waals surface area (Å²) in [5, 5.41) is 24.2. The molecule has 0 spiro atoms. The van der Waals surface area contributed by atoms with Crippen LogP contribution >= 0.6 is 0 Å². The molecule has 0 fully saturated rings. The lowest BCUT2D eigenvalue weighted by Gasteiger charge is -2.20. The molecule has 46 heavy (non-hydrogen) atoms. The molecule has 6 aromatic rings. The summed E-state index contributed by atoms with van der Waals surface area (Å²) < 4.78 is 151. The zero-order chi connectivity index (χ0) is 33.2. The zero-order valence-corrected chi connectivity index (χ0v) is 22.2. The van der Waals surface area contributed by atoms with E-state index in [2.05, 4.69) is 0 Å². The van der Waals surface area contributed by atoms with Crippen LogP contribution in [0.5, 0.6) is 34.5 Å². The summed E-state index contributed by atoms with van der Waals surface area (Å²) in [6.07, 6.45) is 0. The molecule has 0 saturated carbocycles. The number of benzene rings is 6. The molecule has 0 bridgehead atoms. The van der Waals surface area contributed by atoms with E-state index in [0.29, 0.717) is 18.2 Å². The number of hydrogen-bond donors (Lipinski definition) is 3. The molecule has 6 rings (SSSR count). The summed E-state index contributed by atoms with van der Waals surface area (Å²) in [7, 11) is -3.12. The third-order valence-corrected chi connectivity index (χ3v) is 6.84. The number of hydrogen-bond acceptors (Lipinski definition) is 6. The van der Waals surface area contributed by atoms with E-state index >= 15 is 26.3 Å². The average molecular weight is 650 g/mol. The first kappa shape index (κ1) is 30.4. The van der Waals surface area contributed by atoms with Crippen LogP contribution in [0.2, 0.25) is 0 Å². The van der Waals surface area contributed by atoms with E-state index in [-0.39, 0.29) is 0 Å². The molecule has 0 aromatic heterocycles. The largest absolute Gasteiger partial charge is 0.864 e. The smallest absolute Gasteiger partial charge is 0.508 e. The van der Waals surface area contributed by atoms with Crippen LogP contribution in [0.1, 0.15) is 0 Å². The fourth-order valence-corrected chi connectivity index (χ4v) is 4.70. The predicted molar refractivity (Wildman–Crippen MR) is 144 cm³/mol. The molecule has 0 aliphatic carbocycles. The van der Waals surface area contributed by atoms with Crippen LogP contribution in [0.3, 0.4) is 0 Å². The Kier molecular flexibility index (Phi) is 7.29. The van der Waals surface area contributed by atoms with Crippen molar-refractivity contribution in [2.24, 2.45) is 0 Å². The highest BCUT2D eigenvalue weighted by Gasteiger charge is 2.40. The van der Waals surface area contributed by atoms with Crippen molar-refractivity contribution in [2.45, 2.75) is 0 Å². The van der Waals surface area contributed by atoms with Gasteiger partial charge in [-0.2, -0.15) is 13.2 Å². The second kappa shape index (κ2) is 11.0. The maximum Gasteiger partial charge on any atom is 0.864 e. The maximum atomic E-state index is 15.4. The minimum Gasteiger partial charge on any atom is -0.508 e. The molecule has 0 atom stereocenters. The van der Waals surface area contributed by atoms with Crippen LogP contribution in [0.4, 0.5) is 39.5 Å². The lowest BCUT2D eigenvalue weighted by Crippen LogP contribution is -2.39. The predicted octanol–water partition coefficient (Wildman–Crippen LogP) is 8.04. The molecular weight excluding hydrogens is 638 g/mol. The van der Waals surface area contributed by atoms with E-state index in [0.717, 1.165) is 36.4 Å². The van der Waals surface area contributed by atoms with Gasteiger partial charge in [-0.3, -0.25) is 0 Å². The van der Waals surface area contributed by atoms with Gasteiger partial charge in [-0.1, -0.05) is 0 Å². The average Bonchev–Trinajstić information content (AvgIpc) is 3.03. The molecule has 0 aliphatic heterocycles. The molecular formula is C30H12BF9O6. The summed E-state index contributed by atoms with van der Waals surface area (Å²) >= 11 is 0. The first-order chi connectivity index (χ1) is 21.8. The summed E-state index contributed by atoms with van der Waals surface area (Å²) in [5.41, 5.74) is 0. The summed E-state index contributed by atoms with van der Waals surface area (Å²) in [5.74, 6) is -24.1. The second-order valence-corrected chi connectivity index (χ2v) is 9.65. The number of phenols is 3. The van der Waals surface area contributed by atoms with Gasteiger partial charge in [0.15, 0.2) is 52.2 Å². The third-order valence-electron chi connectivity index (χ3n) is 6.84. The van der Waals surface area contributed by atoms with Crippen molar-refractivity contribution < 1.29 is 68.8 Å². The molecule has 6 aromatic carbocycles. The van der Waals surface area contributed by atoms with E-state index < -0.39 is 126 Å². The molecule has 3 N–H and O–H groups in total. The molecule has 0 radical (unpaired) electrons. The maximum absolute atomic E-state index is 15.4. The van der Waals surface area contributed by atoms with Crippen LogP contribution in [-0.4, -0.2) is 22.6 Å². The lowest BCUT2D eigenvalue weighted by atomic mass is 10.1. The van der Waals surface area contributed by atoms with E-state index in [4.69, 9.17) is 14.0 Å². The standard InChI is InChI=1S/C30H12BF9O6/c32-19-16-7-10(41)1-4-13(16)22(35)28(25(19)38)44-31(45-29-23(36)14-5-2-11(42)8-17(14)20(33)26(29)39)46-30-24(37)15-6-3-12(43)9-18(15)21(34)27(30)40/h1-9,41-43H. The van der Waals surface area contributed by atoms with E-state index in [9.17, 15) is 28.5 Å². The van der Waals surface area contributed by atoms with Crippen molar-refractivity contribution in [1.82, 2.24) is 0 Å². The fraction of sp³-hybridized carbons (Fsp3) is 0. The van der Waals surface area contributed by atoms with Gasteiger partial charge < -0.3 is 29.3 Å². The number of phenolic OH excluding ortho intramolecular Hbond substituents is 3. The van der Waals surface area contributed by atoms with Crippen molar-refractivity contribution in [3.8, 4) is 34.5 Å². The number of fused-ring (bicyclic) bond motifs is 3. The van der Waals surface area contributed by atoms with Gasteiger partial charge in [-0.25, -0.2) is 26.3 Å². The molecule has 6 nitrogen and oxygen atoms in total. The lowest BCUT2D eigenvalue weighted by molar-refractivity contribution is 0.265. The van der Waals surface area contributed by atoms with Gasteiger partial charge in [0.25, 0.3) is 0 Å². The van der Waals surface area contributed by atoms with E-state index in [1.807, 2.05) is 0 Å². The Labute approximate surface area is 250 Å². The number of rotatable bonds is 6. The van der Waals surface area contributed by atoms with Crippen molar-refractivity contribution >= 4 is 39.6 Å². The first-order valence-corrected chi connectivity index (χ1v) is 12.7. The fourth-order valence-electron chi connectivity index (χ4n) is 4.70. The molecule has 0 unspecified atom stereocenters. The van der Waals surface area contributed by atoms with Gasteiger partial charge in [0.05, 0.1) is 0 Å². The minimum atomic E-state index is -3.12. The van der Waals surface area contributed by atoms with E-state index in [1.54, 1.807) is 0 Å². The van der Waals surface area contributed by atoms with Crippen molar-refractivity contribution in [3.63, 3.8) is 0 Å². The van der Waals surface area contributed by atoms with Crippen LogP contribution in [-0.2, 0) is 0 Å². The summed E-state index contributed by atoms with van der Waals surface area (Å²) in [4.78, 5) is 0. The topological polar surface area (TPSA) is 88.4 Å². The Bertz CT molecular complexity index is 2000.